The van der Waals surface area contributed by atoms with Gasteiger partial charge in [-0.2, -0.15) is 0 Å². The van der Waals surface area contributed by atoms with Crippen LogP contribution in [0.4, 0.5) is 0 Å². The van der Waals surface area contributed by atoms with Crippen molar-refractivity contribution in [3.8, 4) is 0 Å². The number of H-pyrrole nitrogens is 1. The van der Waals surface area contributed by atoms with E-state index < -0.39 is 23.6 Å². The molecular formula is C12H16N2O5. The van der Waals surface area contributed by atoms with E-state index in [1.54, 1.807) is 0 Å². The van der Waals surface area contributed by atoms with E-state index in [0.717, 1.165) is 0 Å². The Bertz CT molecular complexity index is 580. The van der Waals surface area contributed by atoms with Crippen LogP contribution < -0.4 is 11.2 Å². The lowest BCUT2D eigenvalue weighted by atomic mass is 9.90. The fourth-order valence-corrected chi connectivity index (χ4v) is 2.98. The first kappa shape index (κ1) is 12.6. The summed E-state index contributed by atoms with van der Waals surface area (Å²) >= 11 is 0. The van der Waals surface area contributed by atoms with Crippen LogP contribution in [0.2, 0.25) is 0 Å². The number of aliphatic hydroxyl groups is 1. The molecule has 7 nitrogen and oxygen atoms in total. The largest absolute Gasteiger partial charge is 0.394 e. The van der Waals surface area contributed by atoms with Crippen LogP contribution >= 0.6 is 0 Å². The average Bonchev–Trinajstić information content (AvgIpc) is 2.91. The highest BCUT2D eigenvalue weighted by atomic mass is 16.6. The third-order valence-corrected chi connectivity index (χ3v) is 3.90. The van der Waals surface area contributed by atoms with Crippen LogP contribution in [0.25, 0.3) is 0 Å². The van der Waals surface area contributed by atoms with Gasteiger partial charge in [-0.25, -0.2) is 4.79 Å². The Morgan fingerprint density at radius 1 is 1.53 bits per heavy atom. The smallest absolute Gasteiger partial charge is 0.330 e. The molecule has 2 N–H and O–H groups in total. The second kappa shape index (κ2) is 4.59. The molecule has 19 heavy (non-hydrogen) atoms. The number of hydrogen-bond acceptors (Lipinski definition) is 5. The molecule has 2 aliphatic rings. The van der Waals surface area contributed by atoms with Gasteiger partial charge in [0.05, 0.1) is 19.3 Å². The zero-order chi connectivity index (χ0) is 13.6. The first-order valence-electron chi connectivity index (χ1n) is 6.31. The van der Waals surface area contributed by atoms with Crippen LogP contribution in [-0.4, -0.2) is 40.1 Å². The molecule has 0 aromatic carbocycles. The molecule has 1 aromatic heterocycles. The Morgan fingerprint density at radius 3 is 3.00 bits per heavy atom. The highest BCUT2D eigenvalue weighted by molar-refractivity contribution is 4.98. The molecule has 3 heterocycles. The predicted molar refractivity (Wildman–Crippen MR) is 64.7 cm³/mol. The fourth-order valence-electron chi connectivity index (χ4n) is 2.98. The maximum atomic E-state index is 11.8. The molecule has 7 heteroatoms. The van der Waals surface area contributed by atoms with Crippen molar-refractivity contribution in [1.82, 2.24) is 9.55 Å². The second-order valence-corrected chi connectivity index (χ2v) is 5.12. The summed E-state index contributed by atoms with van der Waals surface area (Å²) in [6.07, 6.45) is 0.278. The van der Waals surface area contributed by atoms with Gasteiger partial charge in [-0.15, -0.1) is 0 Å². The minimum atomic E-state index is -0.510. The van der Waals surface area contributed by atoms with Gasteiger partial charge in [0, 0.05) is 18.2 Å². The van der Waals surface area contributed by atoms with Crippen LogP contribution in [-0.2, 0) is 9.47 Å². The summed E-state index contributed by atoms with van der Waals surface area (Å²) in [5, 5.41) is 9.33. The van der Waals surface area contributed by atoms with Crippen molar-refractivity contribution in [1.29, 1.82) is 0 Å². The van der Waals surface area contributed by atoms with Crippen molar-refractivity contribution in [3.63, 3.8) is 0 Å². The lowest BCUT2D eigenvalue weighted by Gasteiger charge is -2.21. The fraction of sp³-hybridized carbons (Fsp3) is 0.667. The van der Waals surface area contributed by atoms with E-state index in [9.17, 15) is 14.7 Å². The summed E-state index contributed by atoms with van der Waals surface area (Å²) in [6, 6.07) is 1.28. The predicted octanol–water partition coefficient (Wildman–Crippen LogP) is -0.923. The third kappa shape index (κ3) is 1.94. The number of aromatic nitrogens is 2. The van der Waals surface area contributed by atoms with Crippen molar-refractivity contribution in [2.75, 3.05) is 13.2 Å². The van der Waals surface area contributed by atoms with Crippen LogP contribution in [0.1, 0.15) is 13.2 Å². The van der Waals surface area contributed by atoms with E-state index in [0.29, 0.717) is 6.61 Å². The normalized spacial score (nSPS) is 37.5. The average molecular weight is 268 g/mol. The van der Waals surface area contributed by atoms with Gasteiger partial charge in [0.2, 0.25) is 0 Å². The molecule has 2 fully saturated rings. The second-order valence-electron chi connectivity index (χ2n) is 5.12. The minimum absolute atomic E-state index is 0.000696. The third-order valence-electron chi connectivity index (χ3n) is 3.90. The number of rotatable bonds is 2. The summed E-state index contributed by atoms with van der Waals surface area (Å²) in [7, 11) is 0. The van der Waals surface area contributed by atoms with E-state index >= 15 is 0 Å². The van der Waals surface area contributed by atoms with Crippen molar-refractivity contribution < 1.29 is 14.6 Å². The molecule has 3 rings (SSSR count). The quantitative estimate of drug-likeness (QED) is 0.723. The van der Waals surface area contributed by atoms with Crippen LogP contribution in [0.3, 0.4) is 0 Å². The van der Waals surface area contributed by atoms with Crippen LogP contribution in [0.5, 0.6) is 0 Å². The molecule has 0 amide bonds. The molecule has 1 aromatic rings. The summed E-state index contributed by atoms with van der Waals surface area (Å²) < 4.78 is 12.7. The highest BCUT2D eigenvalue weighted by Crippen LogP contribution is 2.44. The topological polar surface area (TPSA) is 93.6 Å². The summed E-state index contributed by atoms with van der Waals surface area (Å²) in [6.45, 7) is 2.46. The Kier molecular flexibility index (Phi) is 3.04. The van der Waals surface area contributed by atoms with Gasteiger partial charge in [0.1, 0.15) is 12.3 Å². The van der Waals surface area contributed by atoms with E-state index in [-0.39, 0.29) is 24.5 Å². The maximum Gasteiger partial charge on any atom is 0.330 e. The first-order valence-corrected chi connectivity index (χ1v) is 6.31. The lowest BCUT2D eigenvalue weighted by Crippen LogP contribution is -2.35. The molecule has 2 aliphatic heterocycles. The molecule has 0 saturated carbocycles. The van der Waals surface area contributed by atoms with E-state index in [1.807, 2.05) is 6.92 Å². The van der Waals surface area contributed by atoms with Crippen LogP contribution in [0, 0.1) is 11.8 Å². The van der Waals surface area contributed by atoms with Gasteiger partial charge in [-0.3, -0.25) is 14.3 Å². The van der Waals surface area contributed by atoms with Crippen molar-refractivity contribution in [2.45, 2.75) is 25.4 Å². The van der Waals surface area contributed by atoms with Crippen molar-refractivity contribution >= 4 is 0 Å². The zero-order valence-corrected chi connectivity index (χ0v) is 10.5. The molecular weight excluding hydrogens is 252 g/mol. The highest BCUT2D eigenvalue weighted by Gasteiger charge is 2.52. The Labute approximate surface area is 108 Å². The molecule has 0 aliphatic carbocycles. The maximum absolute atomic E-state index is 11.8. The van der Waals surface area contributed by atoms with Crippen molar-refractivity contribution in [3.05, 3.63) is 33.1 Å². The number of nitrogens with zero attached hydrogens (tertiary/aromatic N) is 1. The van der Waals surface area contributed by atoms with E-state index in [1.165, 1.54) is 16.8 Å². The first-order chi connectivity index (χ1) is 9.11. The van der Waals surface area contributed by atoms with Gasteiger partial charge in [0.25, 0.3) is 5.56 Å². The molecule has 5 atom stereocenters. The van der Waals surface area contributed by atoms with Gasteiger partial charge >= 0.3 is 5.69 Å². The van der Waals surface area contributed by atoms with Gasteiger partial charge in [-0.1, -0.05) is 6.92 Å². The number of fused-ring (bicyclic) bond motifs is 1. The molecule has 104 valence electrons. The Balaban J connectivity index is 2.00. The summed E-state index contributed by atoms with van der Waals surface area (Å²) in [4.78, 5) is 25.1. The lowest BCUT2D eigenvalue weighted by molar-refractivity contribution is -0.0707. The standard InChI is InChI=1S/C12H16N2O5/c1-6-5-18-10-7(4-15)19-11(9(6)10)14-3-2-8(16)13-12(14)17/h2-3,6-7,9-11,15H,4-5H2,1H3,(H,13,16,17)/t6?,7-,9+,10+,11-/m1/s1. The monoisotopic (exact) mass is 268 g/mol. The Hall–Kier alpha value is -1.44. The zero-order valence-electron chi connectivity index (χ0n) is 10.5. The number of aromatic amines is 1. The SMILES string of the molecule is CC1CO[C@@H]2[C@H]1[C@H](n1ccc(=O)[nH]c1=O)O[C@@H]2CO. The van der Waals surface area contributed by atoms with Gasteiger partial charge in [0.15, 0.2) is 0 Å². The number of nitrogens with one attached hydrogen (secondary N) is 1. The number of aliphatic hydroxyl groups excluding tert-OH is 1. The molecule has 0 spiro atoms. The number of ether oxygens (including phenoxy) is 2. The van der Waals surface area contributed by atoms with Crippen molar-refractivity contribution in [2.24, 2.45) is 11.8 Å². The Morgan fingerprint density at radius 2 is 2.32 bits per heavy atom. The molecule has 1 unspecified atom stereocenters. The van der Waals surface area contributed by atoms with E-state index in [2.05, 4.69) is 4.98 Å². The molecule has 0 bridgehead atoms. The summed E-state index contributed by atoms with van der Waals surface area (Å²) in [5.41, 5.74) is -0.945. The number of hydrogen-bond donors (Lipinski definition) is 2. The van der Waals surface area contributed by atoms with E-state index in [4.69, 9.17) is 9.47 Å². The molecule has 2 saturated heterocycles. The minimum Gasteiger partial charge on any atom is -0.394 e. The molecule has 0 radical (unpaired) electrons. The summed E-state index contributed by atoms with van der Waals surface area (Å²) in [5.74, 6) is 0.228. The van der Waals surface area contributed by atoms with Gasteiger partial charge < -0.3 is 14.6 Å². The van der Waals surface area contributed by atoms with Crippen LogP contribution in [0.15, 0.2) is 21.9 Å². The van der Waals surface area contributed by atoms with Gasteiger partial charge in [-0.05, 0) is 5.92 Å².